The highest BCUT2D eigenvalue weighted by atomic mass is 32.2. The molecular weight excluding hydrogens is 366 g/mol. The fraction of sp³-hybridized carbons (Fsp3) is 0.632. The molecule has 1 aromatic rings. The zero-order valence-electron chi connectivity index (χ0n) is 15.6. The third kappa shape index (κ3) is 3.58. The number of nitrogens with one attached hydrogen (secondary N) is 2. The Kier molecular flexibility index (Phi) is 5.13. The molecule has 0 spiro atoms. The number of fused-ring (bicyclic) bond motifs is 2. The summed E-state index contributed by atoms with van der Waals surface area (Å²) in [4.78, 5) is 12.9. The lowest BCUT2D eigenvalue weighted by Gasteiger charge is -2.27. The smallest absolute Gasteiger partial charge is 0.251 e. The normalized spacial score (nSPS) is 28.3. The Morgan fingerprint density at radius 1 is 1.19 bits per heavy atom. The van der Waals surface area contributed by atoms with Gasteiger partial charge in [-0.05, 0) is 49.3 Å². The molecule has 0 aromatic heterocycles. The molecular formula is C19H27N3O4S. The molecule has 0 radical (unpaired) electrons. The molecule has 1 aromatic carbocycles. The van der Waals surface area contributed by atoms with Crippen LogP contribution in [-0.4, -0.2) is 58.0 Å². The van der Waals surface area contributed by atoms with Gasteiger partial charge in [-0.25, -0.2) is 8.42 Å². The molecule has 3 atom stereocenters. The number of carbonyl (C=O) groups excluding carboxylic acids is 1. The number of morpholine rings is 1. The summed E-state index contributed by atoms with van der Waals surface area (Å²) < 4.78 is 32.9. The van der Waals surface area contributed by atoms with Crippen LogP contribution in [0.5, 0.6) is 0 Å². The van der Waals surface area contributed by atoms with E-state index in [2.05, 4.69) is 10.6 Å². The minimum absolute atomic E-state index is 0.146. The van der Waals surface area contributed by atoms with Crippen LogP contribution in [0.3, 0.4) is 0 Å². The molecule has 7 nitrogen and oxygen atoms in total. The van der Waals surface area contributed by atoms with Gasteiger partial charge in [0.1, 0.15) is 4.90 Å². The lowest BCUT2D eigenvalue weighted by Crippen LogP contribution is -2.41. The fourth-order valence-corrected chi connectivity index (χ4v) is 6.31. The maximum atomic E-state index is 13.1. The summed E-state index contributed by atoms with van der Waals surface area (Å²) in [5.41, 5.74) is 0.890. The van der Waals surface area contributed by atoms with E-state index >= 15 is 0 Å². The monoisotopic (exact) mass is 393 g/mol. The number of hydrogen-bond acceptors (Lipinski definition) is 5. The van der Waals surface area contributed by atoms with Crippen molar-refractivity contribution in [3.63, 3.8) is 0 Å². The van der Waals surface area contributed by atoms with E-state index in [1.54, 1.807) is 19.2 Å². The summed E-state index contributed by atoms with van der Waals surface area (Å²) in [5.74, 6) is 1.13. The predicted molar refractivity (Wildman–Crippen MR) is 102 cm³/mol. The summed E-state index contributed by atoms with van der Waals surface area (Å²) in [6.45, 7) is 1.43. The largest absolute Gasteiger partial charge is 0.387 e. The van der Waals surface area contributed by atoms with Crippen molar-refractivity contribution >= 4 is 21.6 Å². The van der Waals surface area contributed by atoms with E-state index in [0.717, 1.165) is 12.3 Å². The molecule has 2 aliphatic carbocycles. The molecule has 3 fully saturated rings. The Morgan fingerprint density at radius 3 is 2.59 bits per heavy atom. The van der Waals surface area contributed by atoms with Crippen molar-refractivity contribution in [1.82, 2.24) is 9.62 Å². The summed E-state index contributed by atoms with van der Waals surface area (Å²) in [6, 6.07) is 5.08. The van der Waals surface area contributed by atoms with Crippen LogP contribution in [0.15, 0.2) is 23.1 Å². The van der Waals surface area contributed by atoms with Crippen LogP contribution < -0.4 is 10.6 Å². The molecule has 1 heterocycles. The lowest BCUT2D eigenvalue weighted by molar-refractivity contribution is 0.0730. The number of anilines is 1. The van der Waals surface area contributed by atoms with E-state index < -0.39 is 10.0 Å². The number of rotatable bonds is 5. The van der Waals surface area contributed by atoms with E-state index in [4.69, 9.17) is 4.74 Å². The van der Waals surface area contributed by atoms with Gasteiger partial charge in [0.25, 0.3) is 5.91 Å². The van der Waals surface area contributed by atoms with Crippen molar-refractivity contribution in [1.29, 1.82) is 0 Å². The van der Waals surface area contributed by atoms with Crippen molar-refractivity contribution < 1.29 is 17.9 Å². The first kappa shape index (κ1) is 18.7. The third-order valence-electron chi connectivity index (χ3n) is 6.16. The topological polar surface area (TPSA) is 87.7 Å². The van der Waals surface area contributed by atoms with Crippen molar-refractivity contribution in [2.24, 2.45) is 11.8 Å². The molecule has 0 unspecified atom stereocenters. The standard InChI is InChI=1S/C19H27N3O4S/c1-20-16-5-4-15(19(23)21-17-11-13-2-3-14(17)10-13)12-18(16)27(24,25)22-6-8-26-9-7-22/h4-5,12-14,17,20H,2-3,6-11H2,1H3,(H,21,23)/t13-,14+,17+/m0/s1. The SMILES string of the molecule is CNc1ccc(C(=O)N[C@@H]2C[C@H]3CC[C@@H]2C3)cc1S(=O)(=O)N1CCOCC1. The first-order valence-electron chi connectivity index (χ1n) is 9.69. The minimum atomic E-state index is -3.69. The molecule has 148 valence electrons. The van der Waals surface area contributed by atoms with Gasteiger partial charge in [0, 0.05) is 31.7 Å². The van der Waals surface area contributed by atoms with E-state index in [0.29, 0.717) is 43.5 Å². The average Bonchev–Trinajstić information content (AvgIpc) is 3.31. The molecule has 2 saturated carbocycles. The third-order valence-corrected chi connectivity index (χ3v) is 8.09. The second kappa shape index (κ2) is 7.41. The second-order valence-electron chi connectivity index (χ2n) is 7.73. The van der Waals surface area contributed by atoms with Crippen LogP contribution in [0.1, 0.15) is 36.0 Å². The highest BCUT2D eigenvalue weighted by Crippen LogP contribution is 2.44. The van der Waals surface area contributed by atoms with E-state index in [9.17, 15) is 13.2 Å². The Bertz CT molecular complexity index is 820. The number of benzene rings is 1. The van der Waals surface area contributed by atoms with Crippen molar-refractivity contribution in [3.8, 4) is 0 Å². The van der Waals surface area contributed by atoms with Gasteiger partial charge in [0.2, 0.25) is 10.0 Å². The summed E-state index contributed by atoms with van der Waals surface area (Å²) in [6.07, 6.45) is 4.71. The molecule has 2 bridgehead atoms. The van der Waals surface area contributed by atoms with Crippen LogP contribution in [0, 0.1) is 11.8 Å². The zero-order valence-corrected chi connectivity index (χ0v) is 16.4. The average molecular weight is 394 g/mol. The van der Waals surface area contributed by atoms with Gasteiger partial charge < -0.3 is 15.4 Å². The Balaban J connectivity index is 1.57. The maximum absolute atomic E-state index is 13.1. The van der Waals surface area contributed by atoms with Crippen molar-refractivity contribution in [2.45, 2.75) is 36.6 Å². The number of ether oxygens (including phenoxy) is 1. The number of hydrogen-bond donors (Lipinski definition) is 2. The summed E-state index contributed by atoms with van der Waals surface area (Å²) in [5, 5.41) is 6.07. The van der Waals surface area contributed by atoms with E-state index in [1.165, 1.54) is 29.6 Å². The van der Waals surface area contributed by atoms with Gasteiger partial charge in [-0.3, -0.25) is 4.79 Å². The second-order valence-corrected chi connectivity index (χ2v) is 9.64. The molecule has 2 N–H and O–H groups in total. The molecule has 8 heteroatoms. The van der Waals surface area contributed by atoms with Gasteiger partial charge in [-0.1, -0.05) is 6.42 Å². The highest BCUT2D eigenvalue weighted by molar-refractivity contribution is 7.89. The first-order chi connectivity index (χ1) is 13.0. The van der Waals surface area contributed by atoms with Crippen LogP contribution in [0.25, 0.3) is 0 Å². The van der Waals surface area contributed by atoms with E-state index in [-0.39, 0.29) is 16.8 Å². The molecule has 27 heavy (non-hydrogen) atoms. The van der Waals surface area contributed by atoms with Gasteiger partial charge in [-0.15, -0.1) is 0 Å². The lowest BCUT2D eigenvalue weighted by atomic mass is 9.95. The first-order valence-corrected chi connectivity index (χ1v) is 11.1. The summed E-state index contributed by atoms with van der Waals surface area (Å²) >= 11 is 0. The zero-order chi connectivity index (χ0) is 19.0. The molecule has 1 amide bonds. The Morgan fingerprint density at radius 2 is 1.96 bits per heavy atom. The quantitative estimate of drug-likeness (QED) is 0.795. The van der Waals surface area contributed by atoms with Gasteiger partial charge in [0.05, 0.1) is 18.9 Å². The molecule has 1 saturated heterocycles. The van der Waals surface area contributed by atoms with Crippen LogP contribution >= 0.6 is 0 Å². The summed E-state index contributed by atoms with van der Waals surface area (Å²) in [7, 11) is -2.00. The van der Waals surface area contributed by atoms with Crippen LogP contribution in [0.4, 0.5) is 5.69 Å². The number of sulfonamides is 1. The minimum Gasteiger partial charge on any atom is -0.387 e. The van der Waals surface area contributed by atoms with Gasteiger partial charge in [-0.2, -0.15) is 4.31 Å². The Hall–Kier alpha value is -1.64. The van der Waals surface area contributed by atoms with Crippen LogP contribution in [-0.2, 0) is 14.8 Å². The molecule has 4 rings (SSSR count). The Labute approximate surface area is 160 Å². The fourth-order valence-electron chi connectivity index (χ4n) is 4.68. The van der Waals surface area contributed by atoms with E-state index in [1.807, 2.05) is 0 Å². The number of carbonyl (C=O) groups is 1. The highest BCUT2D eigenvalue weighted by Gasteiger charge is 2.40. The molecule has 1 aliphatic heterocycles. The maximum Gasteiger partial charge on any atom is 0.251 e. The van der Waals surface area contributed by atoms with Crippen molar-refractivity contribution in [2.75, 3.05) is 38.7 Å². The van der Waals surface area contributed by atoms with Gasteiger partial charge >= 0.3 is 0 Å². The van der Waals surface area contributed by atoms with Crippen molar-refractivity contribution in [3.05, 3.63) is 23.8 Å². The predicted octanol–water partition coefficient (Wildman–Crippen LogP) is 1.67. The van der Waals surface area contributed by atoms with Crippen LogP contribution in [0.2, 0.25) is 0 Å². The number of amides is 1. The van der Waals surface area contributed by atoms with Gasteiger partial charge in [0.15, 0.2) is 0 Å². The molecule has 3 aliphatic rings. The number of nitrogens with zero attached hydrogens (tertiary/aromatic N) is 1.